The maximum atomic E-state index is 5.77. The zero-order valence-corrected chi connectivity index (χ0v) is 13.8. The van der Waals surface area contributed by atoms with Gasteiger partial charge in [-0.25, -0.2) is 0 Å². The molecule has 114 valence electrons. The van der Waals surface area contributed by atoms with E-state index in [1.165, 1.54) is 6.42 Å². The minimum atomic E-state index is 0.329. The lowest BCUT2D eigenvalue weighted by atomic mass is 10.0. The number of hydrogen-bond acceptors (Lipinski definition) is 3. The summed E-state index contributed by atoms with van der Waals surface area (Å²) < 4.78 is 5.77. The fourth-order valence-corrected chi connectivity index (χ4v) is 1.75. The summed E-state index contributed by atoms with van der Waals surface area (Å²) in [5, 5.41) is 3.25. The van der Waals surface area contributed by atoms with Crippen molar-refractivity contribution in [2.24, 2.45) is 5.92 Å². The number of nitrogens with one attached hydrogen (secondary N) is 1. The molecule has 0 saturated carbocycles. The Morgan fingerprint density at radius 2 is 1.74 bits per heavy atom. The summed E-state index contributed by atoms with van der Waals surface area (Å²) in [6.45, 7) is 8.42. The van der Waals surface area contributed by atoms with E-state index in [1.54, 1.807) is 0 Å². The highest BCUT2D eigenvalue weighted by Crippen LogP contribution is 2.12. The molecule has 0 aliphatic rings. The first-order chi connectivity index (χ1) is 8.95. The molecule has 0 aromatic rings. The van der Waals surface area contributed by atoms with Crippen LogP contribution in [0.1, 0.15) is 40.0 Å². The molecule has 0 rings (SSSR count). The van der Waals surface area contributed by atoms with Gasteiger partial charge in [0, 0.05) is 6.04 Å². The summed E-state index contributed by atoms with van der Waals surface area (Å²) in [5.41, 5.74) is 0. The van der Waals surface area contributed by atoms with E-state index in [1.807, 2.05) is 7.05 Å². The maximum Gasteiger partial charge on any atom is 0.0519 e. The van der Waals surface area contributed by atoms with E-state index in [0.717, 1.165) is 26.0 Å². The second-order valence-corrected chi connectivity index (χ2v) is 5.97. The zero-order chi connectivity index (χ0) is 14.7. The Morgan fingerprint density at radius 3 is 2.26 bits per heavy atom. The number of rotatable bonds is 11. The van der Waals surface area contributed by atoms with Crippen LogP contribution in [0.25, 0.3) is 0 Å². The smallest absolute Gasteiger partial charge is 0.0519 e. The molecule has 0 radical (unpaired) electrons. The van der Waals surface area contributed by atoms with Crippen molar-refractivity contribution >= 4 is 0 Å². The molecule has 0 bridgehead atoms. The minimum absolute atomic E-state index is 0.329. The first kappa shape index (κ1) is 18.6. The Kier molecular flexibility index (Phi) is 11.2. The predicted octanol–water partition coefficient (Wildman–Crippen LogP) is 2.92. The van der Waals surface area contributed by atoms with Crippen molar-refractivity contribution in [2.75, 3.05) is 34.3 Å². The van der Waals surface area contributed by atoms with Crippen molar-refractivity contribution in [2.45, 2.75) is 52.2 Å². The third-order valence-corrected chi connectivity index (χ3v) is 3.27. The van der Waals surface area contributed by atoms with Crippen molar-refractivity contribution in [1.82, 2.24) is 10.2 Å². The van der Waals surface area contributed by atoms with Gasteiger partial charge in [0.25, 0.3) is 0 Å². The monoisotopic (exact) mass is 270 g/mol. The van der Waals surface area contributed by atoms with Gasteiger partial charge in [0.05, 0.1) is 12.7 Å². The lowest BCUT2D eigenvalue weighted by Crippen LogP contribution is -2.21. The molecule has 0 aromatic carbocycles. The number of nitrogens with zero attached hydrogens (tertiary/aromatic N) is 1. The van der Waals surface area contributed by atoms with Gasteiger partial charge in [-0.3, -0.25) is 0 Å². The molecular weight excluding hydrogens is 236 g/mol. The zero-order valence-electron chi connectivity index (χ0n) is 13.8. The van der Waals surface area contributed by atoms with Gasteiger partial charge in [-0.1, -0.05) is 12.2 Å². The molecular formula is C16H34N2O. The summed E-state index contributed by atoms with van der Waals surface area (Å²) in [7, 11) is 6.27. The van der Waals surface area contributed by atoms with Crippen LogP contribution in [0, 0.1) is 5.92 Å². The summed E-state index contributed by atoms with van der Waals surface area (Å²) in [6.07, 6.45) is 8.36. The topological polar surface area (TPSA) is 24.5 Å². The van der Waals surface area contributed by atoms with E-state index in [9.17, 15) is 0 Å². The van der Waals surface area contributed by atoms with Crippen LogP contribution in [0.5, 0.6) is 0 Å². The van der Waals surface area contributed by atoms with Gasteiger partial charge < -0.3 is 15.0 Å². The van der Waals surface area contributed by atoms with E-state index in [0.29, 0.717) is 18.1 Å². The van der Waals surface area contributed by atoms with E-state index < -0.39 is 0 Å². The lowest BCUT2D eigenvalue weighted by Gasteiger charge is -2.19. The molecule has 0 heterocycles. The second kappa shape index (κ2) is 11.4. The molecule has 1 N–H and O–H groups in total. The molecule has 0 aliphatic carbocycles. The van der Waals surface area contributed by atoms with Crippen molar-refractivity contribution in [3.8, 4) is 0 Å². The Morgan fingerprint density at radius 1 is 1.11 bits per heavy atom. The average molecular weight is 270 g/mol. The van der Waals surface area contributed by atoms with Crippen molar-refractivity contribution in [3.63, 3.8) is 0 Å². The van der Waals surface area contributed by atoms with Crippen LogP contribution in [0.4, 0.5) is 0 Å². The minimum Gasteiger partial charge on any atom is -0.378 e. The SMILES string of the molecule is CNC(C)C/C=C/CC(CCN(C)C)COC(C)C. The van der Waals surface area contributed by atoms with Crippen LogP contribution in [0.3, 0.4) is 0 Å². The molecule has 0 aromatic heterocycles. The van der Waals surface area contributed by atoms with Crippen molar-refractivity contribution in [1.29, 1.82) is 0 Å². The van der Waals surface area contributed by atoms with Gasteiger partial charge in [0.1, 0.15) is 0 Å². The molecule has 0 spiro atoms. The van der Waals surface area contributed by atoms with Crippen LogP contribution in [-0.2, 0) is 4.74 Å². The Labute approximate surface area is 120 Å². The maximum absolute atomic E-state index is 5.77. The summed E-state index contributed by atoms with van der Waals surface area (Å²) in [4.78, 5) is 2.25. The predicted molar refractivity (Wildman–Crippen MR) is 84.6 cm³/mol. The third kappa shape index (κ3) is 12.4. The molecule has 19 heavy (non-hydrogen) atoms. The van der Waals surface area contributed by atoms with Gasteiger partial charge >= 0.3 is 0 Å². The number of allylic oxidation sites excluding steroid dienone is 1. The van der Waals surface area contributed by atoms with Gasteiger partial charge in [-0.15, -0.1) is 0 Å². The Bertz CT molecular complexity index is 215. The van der Waals surface area contributed by atoms with Gasteiger partial charge in [0.15, 0.2) is 0 Å². The highest BCUT2D eigenvalue weighted by atomic mass is 16.5. The Hall–Kier alpha value is -0.380. The third-order valence-electron chi connectivity index (χ3n) is 3.27. The van der Waals surface area contributed by atoms with E-state index in [-0.39, 0.29) is 0 Å². The number of ether oxygens (including phenoxy) is 1. The van der Waals surface area contributed by atoms with Gasteiger partial charge in [0.2, 0.25) is 0 Å². The van der Waals surface area contributed by atoms with Crippen LogP contribution in [0.2, 0.25) is 0 Å². The molecule has 2 unspecified atom stereocenters. The fourth-order valence-electron chi connectivity index (χ4n) is 1.75. The molecule has 3 heteroatoms. The largest absolute Gasteiger partial charge is 0.378 e. The molecule has 3 nitrogen and oxygen atoms in total. The van der Waals surface area contributed by atoms with Crippen LogP contribution in [-0.4, -0.2) is 51.3 Å². The molecule has 0 saturated heterocycles. The normalized spacial score (nSPS) is 15.6. The van der Waals surface area contributed by atoms with Crippen LogP contribution in [0.15, 0.2) is 12.2 Å². The van der Waals surface area contributed by atoms with Crippen molar-refractivity contribution < 1.29 is 4.74 Å². The van der Waals surface area contributed by atoms with Crippen LogP contribution >= 0.6 is 0 Å². The van der Waals surface area contributed by atoms with E-state index >= 15 is 0 Å². The lowest BCUT2D eigenvalue weighted by molar-refractivity contribution is 0.0479. The average Bonchev–Trinajstić information content (AvgIpc) is 2.35. The first-order valence-corrected chi connectivity index (χ1v) is 7.54. The molecule has 2 atom stereocenters. The van der Waals surface area contributed by atoms with E-state index in [4.69, 9.17) is 4.74 Å². The highest BCUT2D eigenvalue weighted by molar-refractivity contribution is 4.87. The van der Waals surface area contributed by atoms with Gasteiger partial charge in [-0.2, -0.15) is 0 Å². The van der Waals surface area contributed by atoms with Gasteiger partial charge in [-0.05, 0) is 73.6 Å². The highest BCUT2D eigenvalue weighted by Gasteiger charge is 2.09. The Balaban J connectivity index is 4.02. The summed E-state index contributed by atoms with van der Waals surface area (Å²) in [5.74, 6) is 0.631. The van der Waals surface area contributed by atoms with E-state index in [2.05, 4.69) is 57.2 Å². The first-order valence-electron chi connectivity index (χ1n) is 7.54. The second-order valence-electron chi connectivity index (χ2n) is 5.97. The summed E-state index contributed by atoms with van der Waals surface area (Å²) in [6, 6.07) is 0.559. The molecule has 0 fully saturated rings. The standard InChI is InChI=1S/C16H34N2O/c1-14(2)19-13-16(11-12-18(5)6)10-8-7-9-15(3)17-4/h7-8,14-17H,9-13H2,1-6H3/b8-7+. The summed E-state index contributed by atoms with van der Waals surface area (Å²) >= 11 is 0. The molecule has 0 aliphatic heterocycles. The van der Waals surface area contributed by atoms with Crippen molar-refractivity contribution in [3.05, 3.63) is 12.2 Å². The van der Waals surface area contributed by atoms with Crippen LogP contribution < -0.4 is 5.32 Å². The molecule has 0 amide bonds. The fraction of sp³-hybridized carbons (Fsp3) is 0.875. The number of hydrogen-bond donors (Lipinski definition) is 1. The quantitative estimate of drug-likeness (QED) is 0.584.